The van der Waals surface area contributed by atoms with E-state index < -0.39 is 27.7 Å². The zero-order valence-corrected chi connectivity index (χ0v) is 25.2. The summed E-state index contributed by atoms with van der Waals surface area (Å²) < 4.78 is 41.3. The lowest BCUT2D eigenvalue weighted by molar-refractivity contribution is -0.160. The number of carboxylic acids is 1. The van der Waals surface area contributed by atoms with Crippen LogP contribution in [-0.2, 0) is 31.7 Å². The third kappa shape index (κ3) is 6.67. The molecular formula is C32H39NO6S. The van der Waals surface area contributed by atoms with E-state index in [4.69, 9.17) is 9.47 Å². The van der Waals surface area contributed by atoms with Crippen molar-refractivity contribution in [2.75, 3.05) is 11.3 Å². The average Bonchev–Trinajstić information content (AvgIpc) is 2.85. The second kappa shape index (κ2) is 11.3. The molecule has 0 saturated heterocycles. The second-order valence-electron chi connectivity index (χ2n) is 11.7. The van der Waals surface area contributed by atoms with Gasteiger partial charge in [0.25, 0.3) is 0 Å². The van der Waals surface area contributed by atoms with Crippen molar-refractivity contribution in [2.45, 2.75) is 78.8 Å². The number of aryl methyl sites for hydroxylation is 4. The van der Waals surface area contributed by atoms with Gasteiger partial charge in [-0.05, 0) is 124 Å². The number of benzene rings is 3. The van der Waals surface area contributed by atoms with Crippen LogP contribution in [0.1, 0.15) is 72.2 Å². The molecule has 0 aromatic heterocycles. The van der Waals surface area contributed by atoms with Crippen LogP contribution in [0, 0.1) is 27.7 Å². The molecule has 0 bridgehead atoms. The number of rotatable bonds is 8. The summed E-state index contributed by atoms with van der Waals surface area (Å²) in [6, 6.07) is 13.3. The Labute approximate surface area is 237 Å². The Morgan fingerprint density at radius 1 is 1.02 bits per heavy atom. The Balaban J connectivity index is 1.85. The van der Waals surface area contributed by atoms with Crippen molar-refractivity contribution in [2.24, 2.45) is 0 Å². The molecule has 3 aromatic rings. The average molecular weight is 566 g/mol. The minimum Gasteiger partial charge on any atom is -0.493 e. The van der Waals surface area contributed by atoms with Gasteiger partial charge in [-0.1, -0.05) is 24.3 Å². The molecule has 2 N–H and O–H groups in total. The van der Waals surface area contributed by atoms with Crippen LogP contribution in [0.5, 0.6) is 5.75 Å². The van der Waals surface area contributed by atoms with Gasteiger partial charge >= 0.3 is 5.97 Å². The maximum atomic E-state index is 13.3. The summed E-state index contributed by atoms with van der Waals surface area (Å²) in [5.74, 6) is -0.507. The first-order valence-electron chi connectivity index (χ1n) is 13.5. The van der Waals surface area contributed by atoms with Gasteiger partial charge in [-0.15, -0.1) is 0 Å². The Bertz CT molecular complexity index is 1550. The van der Waals surface area contributed by atoms with E-state index in [9.17, 15) is 18.3 Å². The zero-order valence-electron chi connectivity index (χ0n) is 24.3. The summed E-state index contributed by atoms with van der Waals surface area (Å²) >= 11 is 0. The fourth-order valence-electron chi connectivity index (χ4n) is 5.18. The molecule has 1 unspecified atom stereocenters. The van der Waals surface area contributed by atoms with Gasteiger partial charge < -0.3 is 14.6 Å². The molecule has 4 rings (SSSR count). The molecule has 1 heterocycles. The second-order valence-corrected chi connectivity index (χ2v) is 13.4. The van der Waals surface area contributed by atoms with E-state index in [-0.39, 0.29) is 5.75 Å². The van der Waals surface area contributed by atoms with Crippen LogP contribution in [0.2, 0.25) is 0 Å². The number of carbonyl (C=O) groups is 1. The number of sulfonamides is 1. The van der Waals surface area contributed by atoms with Crippen LogP contribution in [0.15, 0.2) is 42.5 Å². The van der Waals surface area contributed by atoms with Crippen molar-refractivity contribution in [1.29, 1.82) is 0 Å². The number of hydrogen-bond donors (Lipinski definition) is 2. The highest BCUT2D eigenvalue weighted by Gasteiger charge is 2.33. The first kappa shape index (κ1) is 29.6. The minimum atomic E-state index is -3.80. The number of ether oxygens (including phenoxy) is 2. The molecule has 0 saturated carbocycles. The number of carboxylic acid groups (broad SMARTS) is 1. The molecule has 7 nitrogen and oxygen atoms in total. The van der Waals surface area contributed by atoms with Crippen molar-refractivity contribution in [1.82, 2.24) is 0 Å². The van der Waals surface area contributed by atoms with Crippen LogP contribution in [0.4, 0.5) is 5.69 Å². The highest BCUT2D eigenvalue weighted by Crippen LogP contribution is 2.42. The van der Waals surface area contributed by atoms with Gasteiger partial charge in [0.15, 0.2) is 6.10 Å². The van der Waals surface area contributed by atoms with E-state index >= 15 is 0 Å². The minimum absolute atomic E-state index is 0.199. The van der Waals surface area contributed by atoms with E-state index in [1.807, 2.05) is 57.2 Å². The van der Waals surface area contributed by atoms with Gasteiger partial charge in [-0.2, -0.15) is 0 Å². The number of nitrogens with one attached hydrogen (secondary N) is 1. The molecule has 40 heavy (non-hydrogen) atoms. The molecule has 3 aromatic carbocycles. The predicted octanol–water partition coefficient (Wildman–Crippen LogP) is 6.79. The topological polar surface area (TPSA) is 102 Å². The first-order valence-corrected chi connectivity index (χ1v) is 15.2. The fraction of sp³-hybridized carbons (Fsp3) is 0.406. The fourth-order valence-corrected chi connectivity index (χ4v) is 6.42. The molecule has 0 radical (unpaired) electrons. The monoisotopic (exact) mass is 565 g/mol. The molecule has 214 valence electrons. The van der Waals surface area contributed by atoms with Crippen LogP contribution < -0.4 is 9.46 Å². The summed E-state index contributed by atoms with van der Waals surface area (Å²) in [5.41, 5.74) is 6.67. The quantitative estimate of drug-likeness (QED) is 0.312. The van der Waals surface area contributed by atoms with E-state index in [1.54, 1.807) is 33.8 Å². The van der Waals surface area contributed by atoms with Gasteiger partial charge in [0.05, 0.1) is 23.6 Å². The number of aliphatic carboxylic acids is 1. The van der Waals surface area contributed by atoms with Crippen molar-refractivity contribution in [3.05, 3.63) is 81.4 Å². The van der Waals surface area contributed by atoms with E-state index in [0.717, 1.165) is 52.0 Å². The number of anilines is 1. The summed E-state index contributed by atoms with van der Waals surface area (Å²) in [7, 11) is -3.80. The van der Waals surface area contributed by atoms with Gasteiger partial charge in [0.1, 0.15) is 5.75 Å². The van der Waals surface area contributed by atoms with Crippen LogP contribution in [0.25, 0.3) is 11.1 Å². The van der Waals surface area contributed by atoms with E-state index in [1.165, 1.54) is 0 Å². The van der Waals surface area contributed by atoms with Crippen molar-refractivity contribution >= 4 is 21.7 Å². The Hall–Kier alpha value is -3.36. The van der Waals surface area contributed by atoms with Crippen molar-refractivity contribution in [3.8, 4) is 16.9 Å². The standard InChI is InChI=1S/C32H39NO6S/c1-19-10-11-23(15-20(19)2)18-40(36,37)33-26-16-21(3)28(25-12-13-27-24(17-25)9-8-14-38-27)29(22(26)4)30(31(34)35)39-32(5,6)7/h10-13,15-17,30,33H,8-9,14,18H2,1-7H3,(H,34,35). The molecular weight excluding hydrogens is 526 g/mol. The molecule has 0 aliphatic carbocycles. The molecule has 0 amide bonds. The smallest absolute Gasteiger partial charge is 0.337 e. The normalized spacial score (nSPS) is 14.3. The maximum absolute atomic E-state index is 13.3. The predicted molar refractivity (Wildman–Crippen MR) is 159 cm³/mol. The lowest BCUT2D eigenvalue weighted by Gasteiger charge is -2.30. The third-order valence-corrected chi connectivity index (χ3v) is 8.43. The zero-order chi connectivity index (χ0) is 29.4. The lowest BCUT2D eigenvalue weighted by atomic mass is 9.86. The van der Waals surface area contributed by atoms with Gasteiger partial charge in [0.2, 0.25) is 10.0 Å². The number of fused-ring (bicyclic) bond motifs is 1. The van der Waals surface area contributed by atoms with Crippen LogP contribution in [-0.4, -0.2) is 31.7 Å². The molecule has 1 aliphatic heterocycles. The first-order chi connectivity index (χ1) is 18.6. The Kier molecular flexibility index (Phi) is 8.33. The Morgan fingerprint density at radius 2 is 1.75 bits per heavy atom. The number of hydrogen-bond acceptors (Lipinski definition) is 5. The maximum Gasteiger partial charge on any atom is 0.337 e. The summed E-state index contributed by atoms with van der Waals surface area (Å²) in [6.45, 7) is 13.6. The van der Waals surface area contributed by atoms with Crippen LogP contribution >= 0.6 is 0 Å². The largest absolute Gasteiger partial charge is 0.493 e. The SMILES string of the molecule is Cc1ccc(CS(=O)(=O)Nc2cc(C)c(-c3ccc4c(c3)CCCO4)c(C(OC(C)(C)C)C(=O)O)c2C)cc1C. The lowest BCUT2D eigenvalue weighted by Crippen LogP contribution is -2.29. The van der Waals surface area contributed by atoms with E-state index in [2.05, 4.69) is 4.72 Å². The summed E-state index contributed by atoms with van der Waals surface area (Å²) in [6.07, 6.45) is 0.464. The summed E-state index contributed by atoms with van der Waals surface area (Å²) in [5, 5.41) is 10.4. The Morgan fingerprint density at radius 3 is 2.40 bits per heavy atom. The molecule has 1 aliphatic rings. The third-order valence-electron chi connectivity index (χ3n) is 7.18. The summed E-state index contributed by atoms with van der Waals surface area (Å²) in [4.78, 5) is 12.7. The molecule has 0 fully saturated rings. The molecule has 1 atom stereocenters. The van der Waals surface area contributed by atoms with Crippen molar-refractivity contribution < 1.29 is 27.8 Å². The molecule has 0 spiro atoms. The van der Waals surface area contributed by atoms with E-state index in [0.29, 0.717) is 29.0 Å². The van der Waals surface area contributed by atoms with Crippen molar-refractivity contribution in [3.63, 3.8) is 0 Å². The van der Waals surface area contributed by atoms with Gasteiger partial charge in [0, 0.05) is 5.56 Å². The highest BCUT2D eigenvalue weighted by molar-refractivity contribution is 7.91. The highest BCUT2D eigenvalue weighted by atomic mass is 32.2. The van der Waals surface area contributed by atoms with Crippen LogP contribution in [0.3, 0.4) is 0 Å². The molecule has 8 heteroatoms. The van der Waals surface area contributed by atoms with Gasteiger partial charge in [-0.25, -0.2) is 13.2 Å². The van der Waals surface area contributed by atoms with Gasteiger partial charge in [-0.3, -0.25) is 4.72 Å².